The number of nitrogens with zero attached hydrogens (tertiary/aromatic N) is 3. The number of rotatable bonds is 5. The van der Waals surface area contributed by atoms with Crippen LogP contribution < -0.4 is 10.4 Å². The lowest BCUT2D eigenvalue weighted by Gasteiger charge is -2.16. The summed E-state index contributed by atoms with van der Waals surface area (Å²) in [6, 6.07) is 2.77. The van der Waals surface area contributed by atoms with Gasteiger partial charge < -0.3 is 9.84 Å². The topological polar surface area (TPSA) is 100 Å². The van der Waals surface area contributed by atoms with Crippen molar-refractivity contribution in [3.63, 3.8) is 0 Å². The van der Waals surface area contributed by atoms with Gasteiger partial charge in [0, 0.05) is 6.21 Å². The molecule has 0 aliphatic heterocycles. The van der Waals surface area contributed by atoms with Crippen molar-refractivity contribution in [2.24, 2.45) is 4.99 Å². The van der Waals surface area contributed by atoms with Gasteiger partial charge in [-0.2, -0.15) is 4.98 Å². The van der Waals surface area contributed by atoms with Gasteiger partial charge in [0.05, 0.1) is 10.9 Å². The lowest BCUT2D eigenvalue weighted by atomic mass is 10.1. The van der Waals surface area contributed by atoms with Crippen LogP contribution in [0.1, 0.15) is 20.3 Å². The fourth-order valence-electron chi connectivity index (χ4n) is 2.54. The Hall–Kier alpha value is -3.43. The Kier molecular flexibility index (Phi) is 5.30. The van der Waals surface area contributed by atoms with Crippen molar-refractivity contribution < 1.29 is 23.0 Å². The fraction of sp³-hybridized carbons (Fsp3) is 0.222. The normalized spacial score (nSPS) is 12.6. The van der Waals surface area contributed by atoms with Gasteiger partial charge in [-0.3, -0.25) is 9.98 Å². The molecule has 3 rings (SSSR count). The van der Waals surface area contributed by atoms with Crippen LogP contribution in [0, 0.1) is 17.5 Å². The summed E-state index contributed by atoms with van der Waals surface area (Å²) < 4.78 is 48.6. The van der Waals surface area contributed by atoms with E-state index < -0.39 is 46.5 Å². The van der Waals surface area contributed by atoms with Crippen molar-refractivity contribution in [1.29, 1.82) is 0 Å². The molecule has 10 heteroatoms. The average molecular weight is 392 g/mol. The van der Waals surface area contributed by atoms with Crippen molar-refractivity contribution in [2.45, 2.75) is 26.5 Å². The number of fused-ring (bicyclic) bond motifs is 1. The van der Waals surface area contributed by atoms with Crippen molar-refractivity contribution >= 4 is 17.2 Å². The van der Waals surface area contributed by atoms with Crippen molar-refractivity contribution in [3.05, 3.63) is 46.1 Å². The molecule has 0 bridgehead atoms. The zero-order valence-electron chi connectivity index (χ0n) is 14.8. The molecular formula is C18H15F3N4O3. The molecule has 2 heterocycles. The van der Waals surface area contributed by atoms with Gasteiger partial charge in [0.15, 0.2) is 23.7 Å². The third-order valence-electron chi connectivity index (χ3n) is 3.74. The first kappa shape index (κ1) is 19.3. The minimum atomic E-state index is -1.38. The molecule has 3 aromatic rings. The number of aromatic hydroxyl groups is 1. The SMILES string of the molecule is CC/C=N\C(C)Oc1ccc(F)c(F)c1-c1nc2[nH]c(=O)nc(O)c2cc1F. The molecule has 0 saturated carbocycles. The van der Waals surface area contributed by atoms with Crippen LogP contribution in [0.4, 0.5) is 13.2 Å². The summed E-state index contributed by atoms with van der Waals surface area (Å²) in [4.78, 5) is 24.8. The van der Waals surface area contributed by atoms with Crippen LogP contribution in [-0.4, -0.2) is 32.5 Å². The minimum absolute atomic E-state index is 0.189. The van der Waals surface area contributed by atoms with Gasteiger partial charge in [0.25, 0.3) is 0 Å². The van der Waals surface area contributed by atoms with E-state index in [1.807, 2.05) is 6.92 Å². The highest BCUT2D eigenvalue weighted by Gasteiger charge is 2.23. The minimum Gasteiger partial charge on any atom is -0.493 e. The van der Waals surface area contributed by atoms with E-state index in [0.717, 1.165) is 18.2 Å². The highest BCUT2D eigenvalue weighted by Crippen LogP contribution is 2.36. The number of nitrogens with one attached hydrogen (secondary N) is 1. The Morgan fingerprint density at radius 2 is 2.04 bits per heavy atom. The van der Waals surface area contributed by atoms with Gasteiger partial charge in [-0.1, -0.05) is 6.92 Å². The largest absolute Gasteiger partial charge is 0.493 e. The molecule has 146 valence electrons. The second-order valence-corrected chi connectivity index (χ2v) is 5.77. The molecule has 0 saturated heterocycles. The first-order valence-corrected chi connectivity index (χ1v) is 8.28. The standard InChI is InChI=1S/C18H15F3N4O3/c1-3-6-22-8(2)28-12-5-4-10(19)14(21)13(12)15-11(20)7-9-16(23-15)24-18(27)25-17(9)26/h4-8H,3H2,1-2H3,(H2,23,24,25,26,27)/b22-6-. The first-order chi connectivity index (χ1) is 13.3. The molecule has 28 heavy (non-hydrogen) atoms. The number of hydrogen-bond acceptors (Lipinski definition) is 6. The third kappa shape index (κ3) is 3.66. The van der Waals surface area contributed by atoms with Gasteiger partial charge >= 0.3 is 5.69 Å². The van der Waals surface area contributed by atoms with E-state index in [2.05, 4.69) is 19.9 Å². The van der Waals surface area contributed by atoms with Crippen LogP contribution in [0.25, 0.3) is 22.3 Å². The molecule has 0 fully saturated rings. The van der Waals surface area contributed by atoms with Gasteiger partial charge in [-0.15, -0.1) is 0 Å². The molecule has 2 aromatic heterocycles. The summed E-state index contributed by atoms with van der Waals surface area (Å²) in [5, 5.41) is 9.49. The van der Waals surface area contributed by atoms with E-state index in [4.69, 9.17) is 4.74 Å². The van der Waals surface area contributed by atoms with Crippen LogP contribution in [0.2, 0.25) is 0 Å². The van der Waals surface area contributed by atoms with E-state index in [1.165, 1.54) is 0 Å². The number of aliphatic imine (C=N–C) groups is 1. The molecular weight excluding hydrogens is 377 g/mol. The first-order valence-electron chi connectivity index (χ1n) is 8.28. The number of hydrogen-bond donors (Lipinski definition) is 2. The zero-order chi connectivity index (χ0) is 20.4. The smallest absolute Gasteiger partial charge is 0.349 e. The molecule has 0 radical (unpaired) electrons. The van der Waals surface area contributed by atoms with Crippen molar-refractivity contribution in [3.8, 4) is 22.9 Å². The quantitative estimate of drug-likeness (QED) is 0.649. The van der Waals surface area contributed by atoms with Crippen LogP contribution in [-0.2, 0) is 0 Å². The molecule has 0 aliphatic rings. The number of H-pyrrole nitrogens is 1. The highest BCUT2D eigenvalue weighted by molar-refractivity contribution is 5.83. The molecule has 1 aromatic carbocycles. The maximum Gasteiger partial charge on any atom is 0.349 e. The summed E-state index contributed by atoms with van der Waals surface area (Å²) in [6.45, 7) is 3.43. The van der Waals surface area contributed by atoms with Gasteiger partial charge in [0.2, 0.25) is 5.88 Å². The van der Waals surface area contributed by atoms with Crippen LogP contribution >= 0.6 is 0 Å². The summed E-state index contributed by atoms with van der Waals surface area (Å²) in [5.74, 6) is -4.62. The summed E-state index contributed by atoms with van der Waals surface area (Å²) in [5.41, 5.74) is -2.36. The van der Waals surface area contributed by atoms with E-state index in [9.17, 15) is 23.1 Å². The lowest BCUT2D eigenvalue weighted by molar-refractivity contribution is 0.232. The Balaban J connectivity index is 2.22. The summed E-state index contributed by atoms with van der Waals surface area (Å²) in [6.07, 6.45) is 1.48. The zero-order valence-corrected chi connectivity index (χ0v) is 14.8. The lowest BCUT2D eigenvalue weighted by Crippen LogP contribution is -2.12. The van der Waals surface area contributed by atoms with E-state index in [1.54, 1.807) is 13.1 Å². The van der Waals surface area contributed by atoms with Crippen LogP contribution in [0.15, 0.2) is 28.0 Å². The van der Waals surface area contributed by atoms with Crippen LogP contribution in [0.5, 0.6) is 11.6 Å². The summed E-state index contributed by atoms with van der Waals surface area (Å²) >= 11 is 0. The molecule has 1 atom stereocenters. The monoisotopic (exact) mass is 392 g/mol. The summed E-state index contributed by atoms with van der Waals surface area (Å²) in [7, 11) is 0. The number of aromatic nitrogens is 3. The van der Waals surface area contributed by atoms with Gasteiger partial charge in [-0.05, 0) is 31.5 Å². The maximum absolute atomic E-state index is 14.6. The van der Waals surface area contributed by atoms with Gasteiger partial charge in [-0.25, -0.2) is 22.9 Å². The van der Waals surface area contributed by atoms with Gasteiger partial charge in [0.1, 0.15) is 17.1 Å². The second-order valence-electron chi connectivity index (χ2n) is 5.77. The number of aromatic amines is 1. The number of halogens is 3. The molecule has 0 spiro atoms. The van der Waals surface area contributed by atoms with Crippen molar-refractivity contribution in [2.75, 3.05) is 0 Å². The number of benzene rings is 1. The highest BCUT2D eigenvalue weighted by atomic mass is 19.2. The Bertz CT molecular complexity index is 1130. The fourth-order valence-corrected chi connectivity index (χ4v) is 2.54. The third-order valence-corrected chi connectivity index (χ3v) is 3.74. The number of pyridine rings is 1. The van der Waals surface area contributed by atoms with E-state index in [0.29, 0.717) is 6.42 Å². The molecule has 0 amide bonds. The Morgan fingerprint density at radius 1 is 1.29 bits per heavy atom. The Labute approximate surface area is 156 Å². The molecule has 2 N–H and O–H groups in total. The predicted molar refractivity (Wildman–Crippen MR) is 96.0 cm³/mol. The van der Waals surface area contributed by atoms with E-state index >= 15 is 0 Å². The Morgan fingerprint density at radius 3 is 2.75 bits per heavy atom. The maximum atomic E-state index is 14.6. The molecule has 1 unspecified atom stereocenters. The van der Waals surface area contributed by atoms with Crippen LogP contribution in [0.3, 0.4) is 0 Å². The molecule has 7 nitrogen and oxygen atoms in total. The average Bonchev–Trinajstić information content (AvgIpc) is 2.64. The molecule has 0 aliphatic carbocycles. The van der Waals surface area contributed by atoms with Crippen molar-refractivity contribution in [1.82, 2.24) is 15.0 Å². The number of ether oxygens (including phenoxy) is 1. The van der Waals surface area contributed by atoms with E-state index in [-0.39, 0.29) is 16.8 Å². The predicted octanol–water partition coefficient (Wildman–Crippen LogP) is 3.31. The second kappa shape index (κ2) is 7.67.